The normalized spacial score (nSPS) is 8.72. The van der Waals surface area contributed by atoms with Gasteiger partial charge < -0.3 is 11.6 Å². The van der Waals surface area contributed by atoms with Crippen LogP contribution in [0.15, 0.2) is 126 Å². The van der Waals surface area contributed by atoms with E-state index in [0.29, 0.717) is 4.47 Å². The number of benzene rings is 4. The number of hydrogen-bond donors (Lipinski definition) is 1. The van der Waals surface area contributed by atoms with Crippen LogP contribution in [0.5, 0.6) is 0 Å². The molecule has 0 amide bonds. The van der Waals surface area contributed by atoms with E-state index in [1.807, 2.05) is 54.6 Å². The fraction of sp³-hybridized carbons (Fsp3) is 0.0385. The van der Waals surface area contributed by atoms with Gasteiger partial charge in [0.15, 0.2) is 0 Å². The molecule has 0 radical (unpaired) electrons. The van der Waals surface area contributed by atoms with Gasteiger partial charge in [-0.3, -0.25) is 4.79 Å². The molecule has 0 fully saturated rings. The number of thiol groups is 1. The molecule has 0 aromatic heterocycles. The Kier molecular flexibility index (Phi) is 33.6. The first-order valence-electron chi connectivity index (χ1n) is 9.72. The summed E-state index contributed by atoms with van der Waals surface area (Å²) < 4.78 is 18.1. The van der Waals surface area contributed by atoms with E-state index in [4.69, 9.17) is 10.1 Å². The number of carbonyl (C=O) groups excluding carboxylic acids is 1. The van der Waals surface area contributed by atoms with Gasteiger partial charge in [0.2, 0.25) is 0 Å². The van der Waals surface area contributed by atoms with Crippen molar-refractivity contribution in [3.8, 4) is 0 Å². The van der Waals surface area contributed by atoms with Crippen molar-refractivity contribution < 1.29 is 124 Å². The second-order valence-corrected chi connectivity index (χ2v) is 13.1. The van der Waals surface area contributed by atoms with Gasteiger partial charge in [-0.15, -0.1) is 12.6 Å². The Morgan fingerprint density at radius 1 is 0.725 bits per heavy atom. The van der Waals surface area contributed by atoms with E-state index in [1.54, 1.807) is 23.9 Å². The molecule has 0 atom stereocenters. The predicted octanol–water partition coefficient (Wildman–Crippen LogP) is 5.41. The molecule has 0 bridgehead atoms. The van der Waals surface area contributed by atoms with Crippen LogP contribution in [-0.2, 0) is 9.68 Å². The molecular formula is C26H21Br6FK2O3S2. The van der Waals surface area contributed by atoms with Crippen molar-refractivity contribution in [2.75, 3.05) is 0 Å². The summed E-state index contributed by atoms with van der Waals surface area (Å²) >= 11 is 26.0. The van der Waals surface area contributed by atoms with Crippen LogP contribution in [-0.4, -0.2) is 6.47 Å². The van der Waals surface area contributed by atoms with E-state index in [-0.39, 0.29) is 124 Å². The van der Waals surface area contributed by atoms with Gasteiger partial charge >= 0.3 is 103 Å². The van der Waals surface area contributed by atoms with E-state index >= 15 is 0 Å². The fourth-order valence-electron chi connectivity index (χ4n) is 2.12. The average Bonchev–Trinajstić information content (AvgIpc) is 2.88. The second kappa shape index (κ2) is 28.3. The first-order valence-corrected chi connectivity index (χ1v) is 15.7. The molecule has 4 aromatic carbocycles. The molecule has 0 unspecified atom stereocenters. The van der Waals surface area contributed by atoms with E-state index < -0.39 is 0 Å². The fourth-order valence-corrected chi connectivity index (χ4v) is 5.58. The molecule has 4 aromatic rings. The summed E-state index contributed by atoms with van der Waals surface area (Å²) in [5.74, 6) is -0.246. The summed E-state index contributed by atoms with van der Waals surface area (Å²) in [4.78, 5) is 14.6. The van der Waals surface area contributed by atoms with Crippen LogP contribution >= 0.6 is 120 Å². The third-order valence-corrected chi connectivity index (χ3v) is 9.78. The van der Waals surface area contributed by atoms with E-state index in [0.717, 1.165) is 27.3 Å². The van der Waals surface area contributed by atoms with Crippen LogP contribution in [0.3, 0.4) is 0 Å². The standard InChI is InChI=1S/C12H7Br3S.C6H3Br2F.C6H5BrS.CH2O3.CH4.2K.H/c13-8-5-6-10(15)12(7-8)16-11-4-2-1-3-9(11)14;7-4-1-2-5(8)6(9)3-4;7-5-3-1-2-4-6(5)8;2-1-4-3;;;;/h1-7H;1-3H;1-4,8H;1,3H;1H4;;;/q;;;;;2*+1;-1/p-1. The summed E-state index contributed by atoms with van der Waals surface area (Å²) in [7, 11) is 0. The van der Waals surface area contributed by atoms with Gasteiger partial charge in [0, 0.05) is 37.1 Å². The summed E-state index contributed by atoms with van der Waals surface area (Å²) in [5, 5.41) is 8.43. The first kappa shape index (κ1) is 47.5. The second-order valence-electron chi connectivity index (χ2n) is 6.31. The molecule has 0 heterocycles. The predicted molar refractivity (Wildman–Crippen MR) is 178 cm³/mol. The summed E-state index contributed by atoms with van der Waals surface area (Å²) in [5.41, 5.74) is 0. The summed E-state index contributed by atoms with van der Waals surface area (Å²) in [6.07, 6.45) is 0. The minimum absolute atomic E-state index is 0. The summed E-state index contributed by atoms with van der Waals surface area (Å²) in [6, 6.07) is 27.0. The zero-order valence-electron chi connectivity index (χ0n) is 21.4. The molecule has 0 saturated heterocycles. The maximum Gasteiger partial charge on any atom is 1.00 e. The minimum Gasteiger partial charge on any atom is -1.00 e. The first-order chi connectivity index (χ1) is 17.6. The quantitative estimate of drug-likeness (QED) is 0.0747. The van der Waals surface area contributed by atoms with Crippen molar-refractivity contribution in [2.24, 2.45) is 0 Å². The molecule has 0 spiro atoms. The smallest absolute Gasteiger partial charge is 1.00 e. The average molecular weight is 1020 g/mol. The molecule has 0 aliphatic carbocycles. The Morgan fingerprint density at radius 3 is 1.60 bits per heavy atom. The van der Waals surface area contributed by atoms with Crippen molar-refractivity contribution in [3.63, 3.8) is 0 Å². The van der Waals surface area contributed by atoms with E-state index in [9.17, 15) is 4.39 Å². The molecule has 4 rings (SSSR count). The molecule has 3 nitrogen and oxygen atoms in total. The maximum atomic E-state index is 12.5. The van der Waals surface area contributed by atoms with Crippen LogP contribution in [0, 0.1) is 5.82 Å². The van der Waals surface area contributed by atoms with E-state index in [1.165, 1.54) is 15.9 Å². The van der Waals surface area contributed by atoms with Crippen LogP contribution in [0.25, 0.3) is 0 Å². The number of halogens is 7. The number of carbonyl (C=O) groups is 1. The number of hydrogen-bond acceptors (Lipinski definition) is 5. The van der Waals surface area contributed by atoms with Gasteiger partial charge in [-0.25, -0.2) is 4.39 Å². The van der Waals surface area contributed by atoms with Gasteiger partial charge in [-0.2, -0.15) is 0 Å². The maximum absolute atomic E-state index is 12.5. The number of rotatable bonds is 3. The molecule has 0 aliphatic heterocycles. The third-order valence-electron chi connectivity index (χ3n) is 3.72. The zero-order valence-corrected chi connectivity index (χ0v) is 37.9. The molecule has 0 aliphatic rings. The molecular weight excluding hydrogens is 1000 g/mol. The molecule has 0 saturated carbocycles. The van der Waals surface area contributed by atoms with Gasteiger partial charge in [-0.1, -0.05) is 75.3 Å². The van der Waals surface area contributed by atoms with Crippen molar-refractivity contribution >= 4 is 126 Å². The Balaban J connectivity index is -0.000000238. The SMILES string of the molecule is Brc1ccc(Br)c(Sc2ccccc2Br)c1.C.Fc1cc(Br)ccc1Br.O=CO[O-].Sc1ccccc1Br.[H-].[K+].[K+]. The molecule has 0 N–H and O–H groups in total. The van der Waals surface area contributed by atoms with Gasteiger partial charge in [0.05, 0.1) is 4.47 Å². The molecule has 14 heteroatoms. The third kappa shape index (κ3) is 21.0. The Hall–Kier alpha value is 3.09. The molecule has 40 heavy (non-hydrogen) atoms. The van der Waals surface area contributed by atoms with E-state index in [2.05, 4.69) is 125 Å². The molecule has 206 valence electrons. The van der Waals surface area contributed by atoms with Gasteiger partial charge in [0.25, 0.3) is 6.47 Å². The van der Waals surface area contributed by atoms with Crippen LogP contribution < -0.4 is 108 Å². The Morgan fingerprint density at radius 2 is 1.18 bits per heavy atom. The van der Waals surface area contributed by atoms with Gasteiger partial charge in [-0.05, 0) is 124 Å². The van der Waals surface area contributed by atoms with Crippen molar-refractivity contribution in [1.29, 1.82) is 0 Å². The van der Waals surface area contributed by atoms with Crippen molar-refractivity contribution in [1.82, 2.24) is 0 Å². The van der Waals surface area contributed by atoms with Crippen LogP contribution in [0.2, 0.25) is 0 Å². The monoisotopic (exact) mass is 1020 g/mol. The minimum atomic E-state index is -0.246. The van der Waals surface area contributed by atoms with Crippen molar-refractivity contribution in [2.45, 2.75) is 22.1 Å². The zero-order chi connectivity index (χ0) is 27.8. The van der Waals surface area contributed by atoms with Gasteiger partial charge in [0.1, 0.15) is 5.82 Å². The Bertz CT molecular complexity index is 1280. The summed E-state index contributed by atoms with van der Waals surface area (Å²) in [6.45, 7) is -0.181. The van der Waals surface area contributed by atoms with Crippen LogP contribution in [0.1, 0.15) is 8.85 Å². The van der Waals surface area contributed by atoms with Crippen molar-refractivity contribution in [3.05, 3.63) is 118 Å². The topological polar surface area (TPSA) is 49.4 Å². The Labute approximate surface area is 381 Å². The van der Waals surface area contributed by atoms with Crippen LogP contribution in [0.4, 0.5) is 4.39 Å². The largest absolute Gasteiger partial charge is 1.00 e.